The molecule has 0 saturated heterocycles. The van der Waals surface area contributed by atoms with Crippen molar-refractivity contribution in [2.75, 3.05) is 7.11 Å². The molecule has 0 heterocycles. The van der Waals surface area contributed by atoms with Gasteiger partial charge in [-0.05, 0) is 6.92 Å². The number of rotatable bonds is 3. The van der Waals surface area contributed by atoms with Gasteiger partial charge in [0, 0.05) is 6.92 Å². The molecule has 0 aliphatic heterocycles. The molecule has 0 rings (SSSR count). The van der Waals surface area contributed by atoms with Gasteiger partial charge in [0.1, 0.15) is 0 Å². The Balaban J connectivity index is 4.23. The number of methoxy groups -OCH3 is 1. The topological polar surface area (TPSA) is 52.6 Å². The smallest absolute Gasteiger partial charge is 0.348 e. The Labute approximate surface area is 75.8 Å². The van der Waals surface area contributed by atoms with E-state index < -0.39 is 23.4 Å². The third-order valence-electron chi connectivity index (χ3n) is 1.14. The first-order chi connectivity index (χ1) is 5.49. The van der Waals surface area contributed by atoms with Crippen molar-refractivity contribution in [2.24, 2.45) is 0 Å². The quantitative estimate of drug-likeness (QED) is 0.491. The van der Waals surface area contributed by atoms with Crippen molar-refractivity contribution in [1.82, 2.24) is 0 Å². The van der Waals surface area contributed by atoms with Crippen molar-refractivity contribution in [3.05, 3.63) is 0 Å². The predicted octanol–water partition coefficient (Wildman–Crippen LogP) is 0.718. The summed E-state index contributed by atoms with van der Waals surface area (Å²) in [5.41, 5.74) is 0. The summed E-state index contributed by atoms with van der Waals surface area (Å²) in [4.78, 5) is 21.4. The van der Waals surface area contributed by atoms with E-state index in [1.54, 1.807) is 6.92 Å². The number of hydrogen-bond donors (Lipinski definition) is 0. The minimum Gasteiger partial charge on any atom is -0.466 e. The zero-order valence-electron chi connectivity index (χ0n) is 7.17. The van der Waals surface area contributed by atoms with Gasteiger partial charge in [0.05, 0.1) is 12.5 Å². The number of esters is 2. The number of hydrogen-bond acceptors (Lipinski definition) is 4. The zero-order chi connectivity index (χ0) is 9.72. The van der Waals surface area contributed by atoms with Gasteiger partial charge in [0.2, 0.25) is 6.10 Å². The summed E-state index contributed by atoms with van der Waals surface area (Å²) in [7, 11) is 1.21. The summed E-state index contributed by atoms with van der Waals surface area (Å²) in [6.45, 7) is 2.75. The van der Waals surface area contributed by atoms with Crippen LogP contribution in [0.4, 0.5) is 0 Å². The fourth-order valence-electron chi connectivity index (χ4n) is 0.624. The van der Waals surface area contributed by atoms with Gasteiger partial charge in [-0.3, -0.25) is 4.79 Å². The molecule has 0 bridgehead atoms. The fraction of sp³-hybridized carbons (Fsp3) is 0.714. The van der Waals surface area contributed by atoms with Gasteiger partial charge >= 0.3 is 11.9 Å². The van der Waals surface area contributed by atoms with Crippen LogP contribution in [0.5, 0.6) is 0 Å². The van der Waals surface area contributed by atoms with Gasteiger partial charge in [0.15, 0.2) is 0 Å². The molecule has 0 aromatic carbocycles. The summed E-state index contributed by atoms with van der Waals surface area (Å²) in [6, 6.07) is 0. The number of ether oxygens (including phenoxy) is 2. The molecule has 0 spiro atoms. The highest BCUT2D eigenvalue weighted by Crippen LogP contribution is 2.08. The maximum atomic E-state index is 10.9. The van der Waals surface area contributed by atoms with Gasteiger partial charge < -0.3 is 9.47 Å². The van der Waals surface area contributed by atoms with E-state index in [0.29, 0.717) is 0 Å². The van der Waals surface area contributed by atoms with E-state index in [1.165, 1.54) is 14.0 Å². The summed E-state index contributed by atoms with van der Waals surface area (Å²) >= 11 is 5.58. The van der Waals surface area contributed by atoms with Crippen LogP contribution in [0.3, 0.4) is 0 Å². The normalized spacial score (nSPS) is 14.7. The lowest BCUT2D eigenvalue weighted by molar-refractivity contribution is -0.164. The molecule has 5 heteroatoms. The van der Waals surface area contributed by atoms with Gasteiger partial charge in [-0.25, -0.2) is 4.79 Å². The van der Waals surface area contributed by atoms with Crippen LogP contribution in [-0.2, 0) is 19.1 Å². The molecule has 4 nitrogen and oxygen atoms in total. The first-order valence-electron chi connectivity index (χ1n) is 3.38. The Hall–Kier alpha value is -0.770. The molecular weight excluding hydrogens is 184 g/mol. The fourth-order valence-corrected chi connectivity index (χ4v) is 0.779. The van der Waals surface area contributed by atoms with Crippen molar-refractivity contribution in [1.29, 1.82) is 0 Å². The molecule has 12 heavy (non-hydrogen) atoms. The molecular formula is C7H11ClO4. The molecule has 0 aromatic heterocycles. The standard InChI is InChI=1S/C7H11ClO4/c1-4(8)6(7(10)11-3)12-5(2)9/h4,6H,1-3H3/t4-,6-/m1/s1. The second-order valence-electron chi connectivity index (χ2n) is 2.23. The third kappa shape index (κ3) is 3.57. The van der Waals surface area contributed by atoms with Crippen LogP contribution in [0.1, 0.15) is 13.8 Å². The third-order valence-corrected chi connectivity index (χ3v) is 1.37. The van der Waals surface area contributed by atoms with E-state index in [0.717, 1.165) is 0 Å². The van der Waals surface area contributed by atoms with E-state index in [1.807, 2.05) is 0 Å². The maximum absolute atomic E-state index is 10.9. The van der Waals surface area contributed by atoms with Crippen molar-refractivity contribution in [3.63, 3.8) is 0 Å². The lowest BCUT2D eigenvalue weighted by atomic mass is 10.3. The lowest BCUT2D eigenvalue weighted by Gasteiger charge is -2.15. The first-order valence-corrected chi connectivity index (χ1v) is 3.81. The van der Waals surface area contributed by atoms with Gasteiger partial charge in [-0.2, -0.15) is 0 Å². The molecule has 0 saturated carbocycles. The molecule has 0 amide bonds. The molecule has 0 aliphatic rings. The second-order valence-corrected chi connectivity index (χ2v) is 2.92. The summed E-state index contributed by atoms with van der Waals surface area (Å²) < 4.78 is 8.99. The Kier molecular flexibility index (Phi) is 4.66. The molecule has 0 N–H and O–H groups in total. The highest BCUT2D eigenvalue weighted by Gasteiger charge is 2.27. The van der Waals surface area contributed by atoms with Gasteiger partial charge in [-0.15, -0.1) is 11.6 Å². The molecule has 2 atom stereocenters. The molecule has 0 unspecified atom stereocenters. The minimum absolute atomic E-state index is 0.557. The van der Waals surface area contributed by atoms with Gasteiger partial charge in [-0.1, -0.05) is 0 Å². The second kappa shape index (κ2) is 4.98. The average molecular weight is 195 g/mol. The average Bonchev–Trinajstić information content (AvgIpc) is 1.98. The van der Waals surface area contributed by atoms with Crippen LogP contribution in [0.15, 0.2) is 0 Å². The monoisotopic (exact) mass is 194 g/mol. The van der Waals surface area contributed by atoms with E-state index in [2.05, 4.69) is 9.47 Å². The Morgan fingerprint density at radius 3 is 2.17 bits per heavy atom. The molecule has 0 aliphatic carbocycles. The van der Waals surface area contributed by atoms with E-state index in [4.69, 9.17) is 11.6 Å². The van der Waals surface area contributed by atoms with Crippen LogP contribution in [0.25, 0.3) is 0 Å². The van der Waals surface area contributed by atoms with E-state index in [-0.39, 0.29) is 0 Å². The molecule has 70 valence electrons. The van der Waals surface area contributed by atoms with Crippen molar-refractivity contribution in [2.45, 2.75) is 25.3 Å². The van der Waals surface area contributed by atoms with Crippen molar-refractivity contribution >= 4 is 23.5 Å². The number of alkyl halides is 1. The zero-order valence-corrected chi connectivity index (χ0v) is 7.92. The van der Waals surface area contributed by atoms with Crippen molar-refractivity contribution < 1.29 is 19.1 Å². The van der Waals surface area contributed by atoms with Crippen LogP contribution in [0, 0.1) is 0 Å². The Bertz CT molecular complexity index is 178. The van der Waals surface area contributed by atoms with Gasteiger partial charge in [0.25, 0.3) is 0 Å². The Morgan fingerprint density at radius 1 is 1.42 bits per heavy atom. The summed E-state index contributed by atoms with van der Waals surface area (Å²) in [6.07, 6.45) is -1.02. The van der Waals surface area contributed by atoms with E-state index >= 15 is 0 Å². The largest absolute Gasteiger partial charge is 0.466 e. The molecule has 0 fully saturated rings. The maximum Gasteiger partial charge on any atom is 0.348 e. The van der Waals surface area contributed by atoms with Crippen LogP contribution < -0.4 is 0 Å². The number of carbonyl (C=O) groups excluding carboxylic acids is 2. The Morgan fingerprint density at radius 2 is 1.92 bits per heavy atom. The van der Waals surface area contributed by atoms with Crippen LogP contribution >= 0.6 is 11.6 Å². The lowest BCUT2D eigenvalue weighted by Crippen LogP contribution is -2.34. The SMILES string of the molecule is COC(=O)[C@H](OC(C)=O)[C@@H](C)Cl. The van der Waals surface area contributed by atoms with Crippen LogP contribution in [0.2, 0.25) is 0 Å². The minimum atomic E-state index is -1.02. The van der Waals surface area contributed by atoms with E-state index in [9.17, 15) is 9.59 Å². The summed E-state index contributed by atoms with van der Waals surface area (Å²) in [5.74, 6) is -1.20. The first kappa shape index (κ1) is 11.2. The number of carbonyl (C=O) groups is 2. The highest BCUT2D eigenvalue weighted by atomic mass is 35.5. The predicted molar refractivity (Wildman–Crippen MR) is 42.9 cm³/mol. The molecule has 0 radical (unpaired) electrons. The number of halogens is 1. The highest BCUT2D eigenvalue weighted by molar-refractivity contribution is 6.22. The molecule has 0 aromatic rings. The summed E-state index contributed by atoms with van der Waals surface area (Å²) in [5, 5.41) is -0.596. The van der Waals surface area contributed by atoms with Crippen LogP contribution in [-0.4, -0.2) is 30.5 Å². The van der Waals surface area contributed by atoms with Crippen molar-refractivity contribution in [3.8, 4) is 0 Å².